The molecule has 26 heavy (non-hydrogen) atoms. The topological polar surface area (TPSA) is 80.9 Å². The molecule has 3 heterocycles. The van der Waals surface area contributed by atoms with E-state index in [0.29, 0.717) is 21.7 Å². The van der Waals surface area contributed by atoms with Crippen molar-refractivity contribution in [3.05, 3.63) is 57.9 Å². The van der Waals surface area contributed by atoms with E-state index in [2.05, 4.69) is 20.4 Å². The van der Waals surface area contributed by atoms with Crippen molar-refractivity contribution in [1.29, 1.82) is 0 Å². The summed E-state index contributed by atoms with van der Waals surface area (Å²) in [6, 6.07) is 11.5. The summed E-state index contributed by atoms with van der Waals surface area (Å²) < 4.78 is 5.42. The van der Waals surface area contributed by atoms with E-state index in [0.717, 1.165) is 21.7 Å². The van der Waals surface area contributed by atoms with E-state index >= 15 is 0 Å². The summed E-state index contributed by atoms with van der Waals surface area (Å²) in [5.74, 6) is 0.750. The lowest BCUT2D eigenvalue weighted by molar-refractivity contribution is 0.103. The van der Waals surface area contributed by atoms with Gasteiger partial charge in [-0.3, -0.25) is 10.1 Å². The van der Waals surface area contributed by atoms with E-state index in [4.69, 9.17) is 4.52 Å². The maximum absolute atomic E-state index is 12.2. The number of hydrogen-bond acceptors (Lipinski definition) is 7. The Morgan fingerprint density at radius 1 is 1.15 bits per heavy atom. The van der Waals surface area contributed by atoms with Gasteiger partial charge in [0.1, 0.15) is 4.88 Å². The zero-order valence-corrected chi connectivity index (χ0v) is 15.6. The van der Waals surface area contributed by atoms with Gasteiger partial charge in [0.15, 0.2) is 5.13 Å². The molecule has 1 N–H and O–H groups in total. The van der Waals surface area contributed by atoms with Gasteiger partial charge < -0.3 is 4.52 Å². The van der Waals surface area contributed by atoms with Crippen molar-refractivity contribution < 1.29 is 9.32 Å². The standard InChI is InChI=1S/C18H14N4O2S2/c1-10-5-3-6-12(9-10)15-20-17(24-22-15)14-11(2)19-18(26-14)21-16(23)13-7-4-8-25-13/h3-9H,1-2H3,(H,19,21,23). The number of amides is 1. The summed E-state index contributed by atoms with van der Waals surface area (Å²) in [7, 11) is 0. The second kappa shape index (κ2) is 6.81. The Bertz CT molecular complexity index is 1070. The van der Waals surface area contributed by atoms with Crippen molar-refractivity contribution >= 4 is 33.7 Å². The van der Waals surface area contributed by atoms with Crippen LogP contribution in [0.25, 0.3) is 22.2 Å². The number of nitrogens with zero attached hydrogens (tertiary/aromatic N) is 3. The molecule has 0 bridgehead atoms. The van der Waals surface area contributed by atoms with Gasteiger partial charge in [-0.25, -0.2) is 4.98 Å². The summed E-state index contributed by atoms with van der Waals surface area (Å²) in [5.41, 5.74) is 2.76. The lowest BCUT2D eigenvalue weighted by Crippen LogP contribution is -2.09. The number of aryl methyl sites for hydroxylation is 2. The molecule has 0 atom stereocenters. The number of carbonyl (C=O) groups is 1. The first kappa shape index (κ1) is 16.6. The monoisotopic (exact) mass is 382 g/mol. The highest BCUT2D eigenvalue weighted by molar-refractivity contribution is 7.19. The highest BCUT2D eigenvalue weighted by Gasteiger charge is 2.18. The maximum atomic E-state index is 12.2. The van der Waals surface area contributed by atoms with Crippen LogP contribution in [0.4, 0.5) is 5.13 Å². The van der Waals surface area contributed by atoms with E-state index in [1.165, 1.54) is 22.7 Å². The Morgan fingerprint density at radius 2 is 2.04 bits per heavy atom. The number of thiophene rings is 1. The number of thiazole rings is 1. The molecule has 0 spiro atoms. The van der Waals surface area contributed by atoms with E-state index in [1.807, 2.05) is 49.6 Å². The molecule has 0 saturated carbocycles. The van der Waals surface area contributed by atoms with Crippen molar-refractivity contribution in [1.82, 2.24) is 15.1 Å². The zero-order valence-electron chi connectivity index (χ0n) is 14.0. The van der Waals surface area contributed by atoms with Crippen molar-refractivity contribution in [2.45, 2.75) is 13.8 Å². The van der Waals surface area contributed by atoms with E-state index in [1.54, 1.807) is 6.07 Å². The van der Waals surface area contributed by atoms with E-state index in [-0.39, 0.29) is 5.91 Å². The molecule has 4 aromatic rings. The zero-order chi connectivity index (χ0) is 18.1. The molecule has 8 heteroatoms. The van der Waals surface area contributed by atoms with Crippen LogP contribution in [0.3, 0.4) is 0 Å². The molecule has 0 fully saturated rings. The van der Waals surface area contributed by atoms with Crippen molar-refractivity contribution in [2.75, 3.05) is 5.32 Å². The molecular weight excluding hydrogens is 368 g/mol. The quantitative estimate of drug-likeness (QED) is 0.549. The number of anilines is 1. The summed E-state index contributed by atoms with van der Waals surface area (Å²) in [5, 5.41) is 9.24. The van der Waals surface area contributed by atoms with Crippen LogP contribution in [0.15, 0.2) is 46.3 Å². The van der Waals surface area contributed by atoms with Crippen LogP contribution >= 0.6 is 22.7 Å². The molecule has 1 amide bonds. The second-order valence-corrected chi connectivity index (χ2v) is 7.60. The highest BCUT2D eigenvalue weighted by Crippen LogP contribution is 2.33. The minimum absolute atomic E-state index is 0.175. The van der Waals surface area contributed by atoms with Crippen LogP contribution in [0, 0.1) is 13.8 Å². The van der Waals surface area contributed by atoms with Gasteiger partial charge in [0.05, 0.1) is 10.6 Å². The van der Waals surface area contributed by atoms with Crippen LogP contribution < -0.4 is 5.32 Å². The van der Waals surface area contributed by atoms with Gasteiger partial charge in [-0.05, 0) is 31.4 Å². The van der Waals surface area contributed by atoms with Gasteiger partial charge in [-0.1, -0.05) is 46.3 Å². The third kappa shape index (κ3) is 3.29. The molecule has 0 aliphatic carbocycles. The number of rotatable bonds is 4. The van der Waals surface area contributed by atoms with E-state index < -0.39 is 0 Å². The number of carbonyl (C=O) groups excluding carboxylic acids is 1. The molecule has 3 aromatic heterocycles. The molecule has 0 aliphatic rings. The normalized spacial score (nSPS) is 10.8. The van der Waals surface area contributed by atoms with Crippen LogP contribution in [0.5, 0.6) is 0 Å². The molecule has 0 radical (unpaired) electrons. The van der Waals surface area contributed by atoms with Gasteiger partial charge in [0.25, 0.3) is 11.8 Å². The van der Waals surface area contributed by atoms with Crippen LogP contribution in [-0.4, -0.2) is 21.0 Å². The molecule has 0 saturated heterocycles. The Labute approximate surface area is 157 Å². The first-order valence-corrected chi connectivity index (χ1v) is 9.53. The second-order valence-electron chi connectivity index (χ2n) is 5.66. The third-order valence-electron chi connectivity index (χ3n) is 3.66. The Balaban J connectivity index is 1.59. The number of benzene rings is 1. The predicted molar refractivity (Wildman–Crippen MR) is 103 cm³/mol. The molecule has 4 rings (SSSR count). The minimum atomic E-state index is -0.175. The fraction of sp³-hybridized carbons (Fsp3) is 0.111. The molecule has 0 unspecified atom stereocenters. The predicted octanol–water partition coefficient (Wildman–Crippen LogP) is 4.79. The summed E-state index contributed by atoms with van der Waals surface area (Å²) >= 11 is 2.70. The lowest BCUT2D eigenvalue weighted by Gasteiger charge is -1.97. The Kier molecular flexibility index (Phi) is 4.36. The lowest BCUT2D eigenvalue weighted by atomic mass is 10.1. The summed E-state index contributed by atoms with van der Waals surface area (Å²) in [6.07, 6.45) is 0. The Morgan fingerprint density at radius 3 is 2.81 bits per heavy atom. The SMILES string of the molecule is Cc1cccc(-c2noc(-c3sc(NC(=O)c4cccs4)nc3C)n2)c1. The highest BCUT2D eigenvalue weighted by atomic mass is 32.1. The van der Waals surface area contributed by atoms with Crippen LogP contribution in [-0.2, 0) is 0 Å². The fourth-order valence-corrected chi connectivity index (χ4v) is 3.93. The van der Waals surface area contributed by atoms with Crippen molar-refractivity contribution in [2.24, 2.45) is 0 Å². The van der Waals surface area contributed by atoms with Gasteiger partial charge in [-0.15, -0.1) is 11.3 Å². The first-order chi connectivity index (χ1) is 12.6. The number of nitrogens with one attached hydrogen (secondary N) is 1. The average molecular weight is 382 g/mol. The number of aromatic nitrogens is 3. The summed E-state index contributed by atoms with van der Waals surface area (Å²) in [6.45, 7) is 3.86. The summed E-state index contributed by atoms with van der Waals surface area (Å²) in [4.78, 5) is 22.4. The van der Waals surface area contributed by atoms with Crippen LogP contribution in [0.2, 0.25) is 0 Å². The minimum Gasteiger partial charge on any atom is -0.333 e. The smallest absolute Gasteiger partial charge is 0.270 e. The van der Waals surface area contributed by atoms with Crippen LogP contribution in [0.1, 0.15) is 20.9 Å². The molecule has 6 nitrogen and oxygen atoms in total. The third-order valence-corrected chi connectivity index (χ3v) is 5.59. The first-order valence-electron chi connectivity index (χ1n) is 7.83. The van der Waals surface area contributed by atoms with Gasteiger partial charge in [0.2, 0.25) is 5.82 Å². The van der Waals surface area contributed by atoms with Crippen molar-refractivity contribution in [3.8, 4) is 22.2 Å². The van der Waals surface area contributed by atoms with Gasteiger partial charge in [-0.2, -0.15) is 4.98 Å². The number of hydrogen-bond donors (Lipinski definition) is 1. The van der Waals surface area contributed by atoms with Gasteiger partial charge in [0, 0.05) is 5.56 Å². The molecule has 130 valence electrons. The molecule has 0 aliphatic heterocycles. The molecule has 1 aromatic carbocycles. The largest absolute Gasteiger partial charge is 0.333 e. The average Bonchev–Trinajstić information content (AvgIpc) is 3.35. The van der Waals surface area contributed by atoms with Crippen molar-refractivity contribution in [3.63, 3.8) is 0 Å². The fourth-order valence-electron chi connectivity index (χ4n) is 2.43. The van der Waals surface area contributed by atoms with E-state index in [9.17, 15) is 4.79 Å². The molecular formula is C18H14N4O2S2. The Hall–Kier alpha value is -2.84. The maximum Gasteiger partial charge on any atom is 0.270 e. The van der Waals surface area contributed by atoms with Gasteiger partial charge >= 0.3 is 0 Å².